The molecule has 1 N–H and O–H groups in total. The molecule has 7 heteroatoms. The van der Waals surface area contributed by atoms with E-state index in [0.29, 0.717) is 13.1 Å². The molecule has 0 radical (unpaired) electrons. The standard InChI is InChI=1S/C12H14N2O4S/c15-12(16)13-6-9-7-14(11(9)8-13)19(17,18)10-4-2-1-3-5-10/h1-5,9,11H,6-8H2,(H,15,16). The minimum absolute atomic E-state index is 0.134. The molecule has 0 aliphatic carbocycles. The summed E-state index contributed by atoms with van der Waals surface area (Å²) < 4.78 is 26.2. The van der Waals surface area contributed by atoms with Crippen LogP contribution in [0.3, 0.4) is 0 Å². The van der Waals surface area contributed by atoms with Gasteiger partial charge in [-0.15, -0.1) is 0 Å². The van der Waals surface area contributed by atoms with E-state index in [1.54, 1.807) is 30.3 Å². The lowest BCUT2D eigenvalue weighted by atomic mass is 9.96. The summed E-state index contributed by atoms with van der Waals surface area (Å²) in [7, 11) is -3.49. The third-order valence-corrected chi connectivity index (χ3v) is 5.72. The highest BCUT2D eigenvalue weighted by Crippen LogP contribution is 2.36. The number of rotatable bonds is 2. The van der Waals surface area contributed by atoms with Crippen molar-refractivity contribution in [3.63, 3.8) is 0 Å². The molecule has 19 heavy (non-hydrogen) atoms. The van der Waals surface area contributed by atoms with Gasteiger partial charge in [0, 0.05) is 31.6 Å². The van der Waals surface area contributed by atoms with E-state index < -0.39 is 16.1 Å². The third kappa shape index (κ3) is 1.89. The Morgan fingerprint density at radius 1 is 1.16 bits per heavy atom. The van der Waals surface area contributed by atoms with Crippen LogP contribution in [0.15, 0.2) is 35.2 Å². The first-order chi connectivity index (χ1) is 9.00. The Morgan fingerprint density at radius 2 is 1.84 bits per heavy atom. The summed E-state index contributed by atoms with van der Waals surface area (Å²) in [6.07, 6.45) is -0.980. The van der Waals surface area contributed by atoms with E-state index >= 15 is 0 Å². The van der Waals surface area contributed by atoms with Gasteiger partial charge in [-0.05, 0) is 12.1 Å². The predicted molar refractivity (Wildman–Crippen MR) is 67.2 cm³/mol. The van der Waals surface area contributed by atoms with Crippen LogP contribution in [0, 0.1) is 5.92 Å². The summed E-state index contributed by atoms with van der Waals surface area (Å²) in [5.41, 5.74) is 0. The molecule has 0 bridgehead atoms. The maximum atomic E-state index is 12.4. The molecule has 2 atom stereocenters. The molecular weight excluding hydrogens is 268 g/mol. The van der Waals surface area contributed by atoms with Gasteiger partial charge in [0.15, 0.2) is 0 Å². The highest BCUT2D eigenvalue weighted by atomic mass is 32.2. The number of likely N-dealkylation sites (tertiary alicyclic amines) is 1. The van der Waals surface area contributed by atoms with E-state index in [1.807, 2.05) is 0 Å². The van der Waals surface area contributed by atoms with Crippen LogP contribution >= 0.6 is 0 Å². The van der Waals surface area contributed by atoms with Crippen molar-refractivity contribution in [3.05, 3.63) is 30.3 Å². The van der Waals surface area contributed by atoms with Crippen LogP contribution in [-0.4, -0.2) is 54.5 Å². The van der Waals surface area contributed by atoms with Gasteiger partial charge < -0.3 is 10.0 Å². The largest absolute Gasteiger partial charge is 0.465 e. The molecule has 3 rings (SSSR count). The highest BCUT2D eigenvalue weighted by molar-refractivity contribution is 7.89. The van der Waals surface area contributed by atoms with Crippen molar-refractivity contribution in [2.24, 2.45) is 5.92 Å². The topological polar surface area (TPSA) is 77.9 Å². The highest BCUT2D eigenvalue weighted by Gasteiger charge is 2.52. The molecule has 1 aromatic carbocycles. The van der Waals surface area contributed by atoms with Crippen LogP contribution in [-0.2, 0) is 10.0 Å². The summed E-state index contributed by atoms with van der Waals surface area (Å²) in [6.45, 7) is 1.11. The average Bonchev–Trinajstić information content (AvgIpc) is 2.68. The first-order valence-electron chi connectivity index (χ1n) is 6.05. The van der Waals surface area contributed by atoms with Crippen LogP contribution in [0.2, 0.25) is 0 Å². The first-order valence-corrected chi connectivity index (χ1v) is 7.49. The second-order valence-electron chi connectivity index (χ2n) is 4.90. The lowest BCUT2D eigenvalue weighted by Gasteiger charge is -2.41. The fourth-order valence-electron chi connectivity index (χ4n) is 2.75. The molecule has 2 heterocycles. The Hall–Kier alpha value is -1.60. The zero-order valence-electron chi connectivity index (χ0n) is 10.1. The summed E-state index contributed by atoms with van der Waals surface area (Å²) in [5, 5.41) is 8.94. The van der Waals surface area contributed by atoms with Gasteiger partial charge in [0.25, 0.3) is 0 Å². The van der Waals surface area contributed by atoms with Crippen molar-refractivity contribution in [1.82, 2.24) is 9.21 Å². The number of nitrogens with zero attached hydrogens (tertiary/aromatic N) is 2. The van der Waals surface area contributed by atoms with Crippen molar-refractivity contribution in [3.8, 4) is 0 Å². The van der Waals surface area contributed by atoms with Crippen LogP contribution < -0.4 is 0 Å². The number of benzene rings is 1. The van der Waals surface area contributed by atoms with Gasteiger partial charge in [-0.2, -0.15) is 4.31 Å². The molecule has 2 aliphatic rings. The van der Waals surface area contributed by atoms with Crippen LogP contribution in [0.4, 0.5) is 4.79 Å². The van der Waals surface area contributed by atoms with Crippen molar-refractivity contribution in [2.45, 2.75) is 10.9 Å². The Bertz CT molecular complexity index is 601. The Morgan fingerprint density at radius 3 is 2.47 bits per heavy atom. The lowest BCUT2D eigenvalue weighted by Crippen LogP contribution is -2.57. The van der Waals surface area contributed by atoms with E-state index in [9.17, 15) is 13.2 Å². The van der Waals surface area contributed by atoms with Gasteiger partial charge in [0.2, 0.25) is 10.0 Å². The number of carbonyl (C=O) groups is 1. The molecule has 0 aromatic heterocycles. The van der Waals surface area contributed by atoms with Gasteiger partial charge in [-0.25, -0.2) is 13.2 Å². The van der Waals surface area contributed by atoms with E-state index in [-0.39, 0.29) is 23.4 Å². The molecule has 2 unspecified atom stereocenters. The predicted octanol–water partition coefficient (Wildman–Crippen LogP) is 0.669. The number of hydrogen-bond donors (Lipinski definition) is 1. The van der Waals surface area contributed by atoms with Crippen LogP contribution in [0.5, 0.6) is 0 Å². The maximum Gasteiger partial charge on any atom is 0.407 e. The normalized spacial score (nSPS) is 26.8. The lowest BCUT2D eigenvalue weighted by molar-refractivity contribution is 0.147. The van der Waals surface area contributed by atoms with E-state index in [1.165, 1.54) is 9.21 Å². The molecular formula is C12H14N2O4S. The molecule has 0 spiro atoms. The smallest absolute Gasteiger partial charge is 0.407 e. The summed E-state index contributed by atoms with van der Waals surface area (Å²) in [6, 6.07) is 8.05. The second kappa shape index (κ2) is 4.21. The number of carboxylic acid groups (broad SMARTS) is 1. The summed E-state index contributed by atoms with van der Waals surface area (Å²) in [4.78, 5) is 12.5. The number of hydrogen-bond acceptors (Lipinski definition) is 3. The molecule has 2 aliphatic heterocycles. The van der Waals surface area contributed by atoms with Crippen LogP contribution in [0.25, 0.3) is 0 Å². The monoisotopic (exact) mass is 282 g/mol. The Kier molecular flexibility index (Phi) is 2.75. The Balaban J connectivity index is 1.81. The first kappa shape index (κ1) is 12.4. The van der Waals surface area contributed by atoms with Gasteiger partial charge in [-0.1, -0.05) is 18.2 Å². The number of fused-ring (bicyclic) bond motifs is 1. The number of sulfonamides is 1. The molecule has 2 fully saturated rings. The minimum Gasteiger partial charge on any atom is -0.465 e. The summed E-state index contributed by atoms with van der Waals surface area (Å²) in [5.74, 6) is 0.134. The van der Waals surface area contributed by atoms with Crippen molar-refractivity contribution in [2.75, 3.05) is 19.6 Å². The molecule has 0 saturated carbocycles. The van der Waals surface area contributed by atoms with E-state index in [0.717, 1.165) is 0 Å². The number of amides is 1. The fraction of sp³-hybridized carbons (Fsp3) is 0.417. The second-order valence-corrected chi connectivity index (χ2v) is 6.79. The van der Waals surface area contributed by atoms with Gasteiger partial charge in [0.1, 0.15) is 0 Å². The quantitative estimate of drug-likeness (QED) is 0.864. The third-order valence-electron chi connectivity index (χ3n) is 3.81. The molecule has 6 nitrogen and oxygen atoms in total. The van der Waals surface area contributed by atoms with Gasteiger partial charge >= 0.3 is 6.09 Å². The Labute approximate surface area is 111 Å². The van der Waals surface area contributed by atoms with Crippen molar-refractivity contribution < 1.29 is 18.3 Å². The van der Waals surface area contributed by atoms with E-state index in [2.05, 4.69) is 0 Å². The fourth-order valence-corrected chi connectivity index (χ4v) is 4.50. The zero-order valence-corrected chi connectivity index (χ0v) is 11.0. The van der Waals surface area contributed by atoms with Gasteiger partial charge in [-0.3, -0.25) is 0 Å². The minimum atomic E-state index is -3.49. The zero-order chi connectivity index (χ0) is 13.6. The van der Waals surface area contributed by atoms with Crippen molar-refractivity contribution in [1.29, 1.82) is 0 Å². The van der Waals surface area contributed by atoms with Gasteiger partial charge in [0.05, 0.1) is 4.90 Å². The molecule has 102 valence electrons. The van der Waals surface area contributed by atoms with E-state index in [4.69, 9.17) is 5.11 Å². The molecule has 1 amide bonds. The van der Waals surface area contributed by atoms with Crippen molar-refractivity contribution >= 4 is 16.1 Å². The maximum absolute atomic E-state index is 12.4. The molecule has 1 aromatic rings. The average molecular weight is 282 g/mol. The SMILES string of the molecule is O=C(O)N1CC2CN(S(=O)(=O)c3ccccc3)C2C1. The molecule has 2 saturated heterocycles. The summed E-state index contributed by atoms with van der Waals surface area (Å²) >= 11 is 0. The van der Waals surface area contributed by atoms with Crippen LogP contribution in [0.1, 0.15) is 0 Å².